The molecule has 0 saturated carbocycles. The van der Waals surface area contributed by atoms with E-state index in [1.165, 1.54) is 23.5 Å². The molecule has 0 aliphatic carbocycles. The third kappa shape index (κ3) is 6.63. The van der Waals surface area contributed by atoms with Crippen molar-refractivity contribution in [3.63, 3.8) is 0 Å². The third-order valence-electron chi connectivity index (χ3n) is 6.18. The van der Waals surface area contributed by atoms with E-state index < -0.39 is 17.9 Å². The van der Waals surface area contributed by atoms with Gasteiger partial charge in [-0.25, -0.2) is 9.18 Å². The largest absolute Gasteiger partial charge is 0.489 e. The first kappa shape index (κ1) is 26.4. The Kier molecular flexibility index (Phi) is 7.91. The highest BCUT2D eigenvalue weighted by Crippen LogP contribution is 2.31. The molecule has 1 aromatic heterocycles. The smallest absolute Gasteiger partial charge is 0.326 e. The monoisotopic (exact) mass is 559 g/mol. The zero-order valence-corrected chi connectivity index (χ0v) is 22.1. The summed E-state index contributed by atoms with van der Waals surface area (Å²) >= 11 is 7.30. The molecular formula is C31H23ClFNO4S. The van der Waals surface area contributed by atoms with Crippen LogP contribution in [-0.2, 0) is 17.8 Å². The van der Waals surface area contributed by atoms with E-state index in [2.05, 4.69) is 5.32 Å². The number of nitrogens with one attached hydrogen (secondary N) is 1. The average molecular weight is 560 g/mol. The Morgan fingerprint density at radius 1 is 0.897 bits per heavy atom. The molecule has 0 unspecified atom stereocenters. The molecule has 8 heteroatoms. The SMILES string of the molecule is O=C(N[C@@H](Cc1ccc(OCc2cccc(F)c2)cc1)C(=O)O)c1cc2cc(-c3ccc(Cl)cc3)ccc2s1. The zero-order valence-electron chi connectivity index (χ0n) is 20.6. The Bertz CT molecular complexity index is 1630. The van der Waals surface area contributed by atoms with Crippen LogP contribution in [0.2, 0.25) is 5.02 Å². The molecule has 5 nitrogen and oxygen atoms in total. The molecule has 196 valence electrons. The summed E-state index contributed by atoms with van der Waals surface area (Å²) < 4.78 is 20.0. The molecule has 5 rings (SSSR count). The molecule has 2 N–H and O–H groups in total. The highest BCUT2D eigenvalue weighted by Gasteiger charge is 2.22. The van der Waals surface area contributed by atoms with Crippen molar-refractivity contribution >= 4 is 44.9 Å². The van der Waals surface area contributed by atoms with Crippen LogP contribution in [0.5, 0.6) is 5.75 Å². The van der Waals surface area contributed by atoms with Gasteiger partial charge in [-0.05, 0) is 82.2 Å². The predicted octanol–water partition coefficient (Wildman–Crippen LogP) is 7.37. The maximum Gasteiger partial charge on any atom is 0.326 e. The number of hydrogen-bond donors (Lipinski definition) is 2. The van der Waals surface area contributed by atoms with Gasteiger partial charge in [-0.2, -0.15) is 0 Å². The van der Waals surface area contributed by atoms with E-state index in [0.29, 0.717) is 21.2 Å². The molecular weight excluding hydrogens is 537 g/mol. The Morgan fingerprint density at radius 2 is 1.64 bits per heavy atom. The molecule has 1 atom stereocenters. The maximum absolute atomic E-state index is 13.3. The van der Waals surface area contributed by atoms with Gasteiger partial charge in [0, 0.05) is 16.1 Å². The van der Waals surface area contributed by atoms with Crippen LogP contribution in [0.1, 0.15) is 20.8 Å². The molecule has 0 fully saturated rings. The van der Waals surface area contributed by atoms with Crippen molar-refractivity contribution in [1.82, 2.24) is 5.32 Å². The minimum Gasteiger partial charge on any atom is -0.489 e. The normalized spacial score (nSPS) is 11.7. The second kappa shape index (κ2) is 11.7. The summed E-state index contributed by atoms with van der Waals surface area (Å²) in [5.74, 6) is -1.32. The Labute approximate surface area is 233 Å². The van der Waals surface area contributed by atoms with Gasteiger partial charge in [0.15, 0.2) is 0 Å². The number of fused-ring (bicyclic) bond motifs is 1. The number of rotatable bonds is 9. The van der Waals surface area contributed by atoms with Crippen molar-refractivity contribution in [2.75, 3.05) is 0 Å². The first-order chi connectivity index (χ1) is 18.8. The van der Waals surface area contributed by atoms with Crippen LogP contribution in [0, 0.1) is 5.82 Å². The van der Waals surface area contributed by atoms with Crippen LogP contribution in [0.25, 0.3) is 21.2 Å². The number of halogens is 2. The van der Waals surface area contributed by atoms with Crippen molar-refractivity contribution in [1.29, 1.82) is 0 Å². The summed E-state index contributed by atoms with van der Waals surface area (Å²) in [5.41, 5.74) is 3.44. The van der Waals surface area contributed by atoms with E-state index in [4.69, 9.17) is 16.3 Å². The molecule has 0 aliphatic rings. The number of hydrogen-bond acceptors (Lipinski definition) is 4. The van der Waals surface area contributed by atoms with Gasteiger partial charge in [-0.3, -0.25) is 4.79 Å². The number of carbonyl (C=O) groups excluding carboxylic acids is 1. The Balaban J connectivity index is 1.23. The van der Waals surface area contributed by atoms with Crippen molar-refractivity contribution < 1.29 is 23.8 Å². The fraction of sp³-hybridized carbons (Fsp3) is 0.0968. The van der Waals surface area contributed by atoms with Crippen LogP contribution in [0.3, 0.4) is 0 Å². The molecule has 4 aromatic carbocycles. The standard InChI is InChI=1S/C31H23ClFNO4S/c32-24-9-6-21(7-10-24)22-8-13-28-23(16-22)17-29(39-28)30(35)34-27(31(36)37)15-19-4-11-26(12-5-19)38-18-20-2-1-3-25(33)14-20/h1-14,16-17,27H,15,18H2,(H,34,35)(H,36,37)/t27-/m0/s1. The summed E-state index contributed by atoms with van der Waals surface area (Å²) in [4.78, 5) is 25.4. The van der Waals surface area contributed by atoms with E-state index in [1.807, 2.05) is 42.5 Å². The molecule has 1 heterocycles. The van der Waals surface area contributed by atoms with Gasteiger partial charge >= 0.3 is 5.97 Å². The number of carboxylic acids is 1. The van der Waals surface area contributed by atoms with Crippen molar-refractivity contribution in [3.8, 4) is 16.9 Å². The van der Waals surface area contributed by atoms with Crippen molar-refractivity contribution in [3.05, 3.63) is 124 Å². The highest BCUT2D eigenvalue weighted by atomic mass is 35.5. The predicted molar refractivity (Wildman–Crippen MR) is 152 cm³/mol. The molecule has 0 spiro atoms. The molecule has 1 amide bonds. The van der Waals surface area contributed by atoms with E-state index in [0.717, 1.165) is 26.8 Å². The molecule has 39 heavy (non-hydrogen) atoms. The van der Waals surface area contributed by atoms with Crippen molar-refractivity contribution in [2.45, 2.75) is 19.1 Å². The lowest BCUT2D eigenvalue weighted by Crippen LogP contribution is -2.42. The van der Waals surface area contributed by atoms with Crippen LogP contribution >= 0.6 is 22.9 Å². The fourth-order valence-corrected chi connectivity index (χ4v) is 5.23. The maximum atomic E-state index is 13.3. The van der Waals surface area contributed by atoms with Gasteiger partial charge in [-0.15, -0.1) is 11.3 Å². The minimum atomic E-state index is -1.12. The van der Waals surface area contributed by atoms with Gasteiger partial charge in [0.05, 0.1) is 4.88 Å². The quantitative estimate of drug-likeness (QED) is 0.198. The molecule has 0 radical (unpaired) electrons. The van der Waals surface area contributed by atoms with Crippen LogP contribution in [0.15, 0.2) is 97.1 Å². The second-order valence-corrected chi connectivity index (χ2v) is 10.5. The van der Waals surface area contributed by atoms with Crippen LogP contribution < -0.4 is 10.1 Å². The number of benzene rings is 4. The first-order valence-corrected chi connectivity index (χ1v) is 13.3. The van der Waals surface area contributed by atoms with Crippen LogP contribution in [-0.4, -0.2) is 23.0 Å². The lowest BCUT2D eigenvalue weighted by Gasteiger charge is -2.14. The summed E-state index contributed by atoms with van der Waals surface area (Å²) in [6.45, 7) is 0.210. The Morgan fingerprint density at radius 3 is 2.36 bits per heavy atom. The number of carbonyl (C=O) groups is 2. The summed E-state index contributed by atoms with van der Waals surface area (Å²) in [7, 11) is 0. The first-order valence-electron chi connectivity index (χ1n) is 12.1. The van der Waals surface area contributed by atoms with Crippen molar-refractivity contribution in [2.24, 2.45) is 0 Å². The second-order valence-electron chi connectivity index (χ2n) is 9.00. The van der Waals surface area contributed by atoms with Crippen LogP contribution in [0.4, 0.5) is 4.39 Å². The fourth-order valence-electron chi connectivity index (χ4n) is 4.16. The van der Waals surface area contributed by atoms with E-state index in [-0.39, 0.29) is 18.8 Å². The highest BCUT2D eigenvalue weighted by molar-refractivity contribution is 7.20. The minimum absolute atomic E-state index is 0.108. The summed E-state index contributed by atoms with van der Waals surface area (Å²) in [6.07, 6.45) is 0.108. The van der Waals surface area contributed by atoms with Gasteiger partial charge in [0.1, 0.15) is 24.2 Å². The van der Waals surface area contributed by atoms with E-state index in [9.17, 15) is 19.1 Å². The summed E-state index contributed by atoms with van der Waals surface area (Å²) in [5, 5.41) is 14.0. The molecule has 0 aliphatic heterocycles. The molecule has 5 aromatic rings. The number of ether oxygens (including phenoxy) is 1. The lowest BCUT2D eigenvalue weighted by atomic mass is 10.0. The average Bonchev–Trinajstić information content (AvgIpc) is 3.36. The van der Waals surface area contributed by atoms with E-state index in [1.54, 1.807) is 42.5 Å². The Hall–Kier alpha value is -4.20. The third-order valence-corrected chi connectivity index (χ3v) is 7.55. The molecule has 0 saturated heterocycles. The number of amides is 1. The number of thiophene rings is 1. The van der Waals surface area contributed by atoms with Gasteiger partial charge in [0.25, 0.3) is 5.91 Å². The van der Waals surface area contributed by atoms with E-state index >= 15 is 0 Å². The van der Waals surface area contributed by atoms with Gasteiger partial charge in [0.2, 0.25) is 0 Å². The topological polar surface area (TPSA) is 75.6 Å². The lowest BCUT2D eigenvalue weighted by molar-refractivity contribution is -0.139. The molecule has 0 bridgehead atoms. The zero-order chi connectivity index (χ0) is 27.4. The van der Waals surface area contributed by atoms with Gasteiger partial charge < -0.3 is 15.2 Å². The summed E-state index contributed by atoms with van der Waals surface area (Å²) in [6, 6.07) is 27.2. The number of aliphatic carboxylic acids is 1. The number of carboxylic acid groups (broad SMARTS) is 1. The van der Waals surface area contributed by atoms with Gasteiger partial charge in [-0.1, -0.05) is 54.1 Å².